The maximum Gasteiger partial charge on any atom is 0.410 e. The maximum atomic E-state index is 12.3. The molecule has 2 rings (SSSR count). The summed E-state index contributed by atoms with van der Waals surface area (Å²) in [6.45, 7) is 6.78. The summed E-state index contributed by atoms with van der Waals surface area (Å²) >= 11 is 0. The number of rotatable bonds is 6. The first-order valence-electron chi connectivity index (χ1n) is 8.44. The van der Waals surface area contributed by atoms with Crippen LogP contribution < -0.4 is 0 Å². The molecule has 1 aliphatic heterocycles. The zero-order valence-corrected chi connectivity index (χ0v) is 14.1. The molecule has 0 aromatic heterocycles. The highest BCUT2D eigenvalue weighted by atomic mass is 16.6. The summed E-state index contributed by atoms with van der Waals surface area (Å²) in [4.78, 5) is 16.4. The SMILES string of the molecule is CC(C)N(CCO)[C@H]1CCCN(C(=O)OCc2ccccc2)C1. The van der Waals surface area contributed by atoms with Crippen molar-refractivity contribution in [3.8, 4) is 0 Å². The highest BCUT2D eigenvalue weighted by molar-refractivity contribution is 5.67. The summed E-state index contributed by atoms with van der Waals surface area (Å²) in [6, 6.07) is 10.4. The normalized spacial score (nSPS) is 18.5. The first-order chi connectivity index (χ1) is 11.1. The van der Waals surface area contributed by atoms with E-state index < -0.39 is 0 Å². The Morgan fingerprint density at radius 2 is 2.13 bits per heavy atom. The van der Waals surface area contributed by atoms with Gasteiger partial charge in [-0.05, 0) is 32.3 Å². The van der Waals surface area contributed by atoms with Crippen molar-refractivity contribution in [2.24, 2.45) is 0 Å². The number of aliphatic hydroxyl groups excluding tert-OH is 1. The second-order valence-electron chi connectivity index (χ2n) is 6.34. The van der Waals surface area contributed by atoms with Crippen LogP contribution in [0.25, 0.3) is 0 Å². The van der Waals surface area contributed by atoms with E-state index in [1.54, 1.807) is 4.90 Å². The maximum absolute atomic E-state index is 12.3. The fraction of sp³-hybridized carbons (Fsp3) is 0.611. The number of hydrogen-bond donors (Lipinski definition) is 1. The molecule has 0 bridgehead atoms. The zero-order chi connectivity index (χ0) is 16.7. The molecule has 0 spiro atoms. The molecule has 5 heteroatoms. The molecule has 1 amide bonds. The molecule has 23 heavy (non-hydrogen) atoms. The Balaban J connectivity index is 1.88. The van der Waals surface area contributed by atoms with Gasteiger partial charge in [0, 0.05) is 31.7 Å². The van der Waals surface area contributed by atoms with Gasteiger partial charge in [-0.15, -0.1) is 0 Å². The van der Waals surface area contributed by atoms with E-state index >= 15 is 0 Å². The summed E-state index contributed by atoms with van der Waals surface area (Å²) in [5.41, 5.74) is 0.999. The van der Waals surface area contributed by atoms with Gasteiger partial charge in [0.25, 0.3) is 0 Å². The molecule has 0 saturated carbocycles. The molecule has 1 saturated heterocycles. The van der Waals surface area contributed by atoms with E-state index in [4.69, 9.17) is 4.74 Å². The lowest BCUT2D eigenvalue weighted by molar-refractivity contribution is 0.0438. The molecular formula is C18H28N2O3. The van der Waals surface area contributed by atoms with Gasteiger partial charge < -0.3 is 14.7 Å². The third kappa shape index (κ3) is 5.22. The van der Waals surface area contributed by atoms with Crippen LogP contribution in [0.1, 0.15) is 32.3 Å². The second kappa shape index (κ2) is 8.89. The third-order valence-electron chi connectivity index (χ3n) is 4.35. The summed E-state index contributed by atoms with van der Waals surface area (Å²) in [6.07, 6.45) is 1.78. The molecule has 1 N–H and O–H groups in total. The van der Waals surface area contributed by atoms with Crippen LogP contribution in [0.2, 0.25) is 0 Å². The van der Waals surface area contributed by atoms with Crippen LogP contribution in [-0.2, 0) is 11.3 Å². The Morgan fingerprint density at radius 3 is 2.78 bits per heavy atom. The summed E-state index contributed by atoms with van der Waals surface area (Å²) < 4.78 is 5.44. The molecule has 5 nitrogen and oxygen atoms in total. The summed E-state index contributed by atoms with van der Waals surface area (Å²) in [5.74, 6) is 0. The Hall–Kier alpha value is -1.59. The third-order valence-corrected chi connectivity index (χ3v) is 4.35. The van der Waals surface area contributed by atoms with Crippen molar-refractivity contribution in [3.63, 3.8) is 0 Å². The number of piperidine rings is 1. The van der Waals surface area contributed by atoms with Crippen molar-refractivity contribution in [2.75, 3.05) is 26.2 Å². The fourth-order valence-corrected chi connectivity index (χ4v) is 3.18. The van der Waals surface area contributed by atoms with Gasteiger partial charge in [0.05, 0.1) is 6.61 Å². The monoisotopic (exact) mass is 320 g/mol. The van der Waals surface area contributed by atoms with Crippen LogP contribution in [0.5, 0.6) is 0 Å². The van der Waals surface area contributed by atoms with Crippen molar-refractivity contribution in [2.45, 2.75) is 45.4 Å². The lowest BCUT2D eigenvalue weighted by atomic mass is 10.0. The minimum Gasteiger partial charge on any atom is -0.445 e. The second-order valence-corrected chi connectivity index (χ2v) is 6.34. The van der Waals surface area contributed by atoms with E-state index in [0.717, 1.165) is 24.9 Å². The molecular weight excluding hydrogens is 292 g/mol. The number of benzene rings is 1. The van der Waals surface area contributed by atoms with Crippen LogP contribution in [-0.4, -0.2) is 59.3 Å². The highest BCUT2D eigenvalue weighted by Crippen LogP contribution is 2.19. The van der Waals surface area contributed by atoms with Gasteiger partial charge in [0.2, 0.25) is 0 Å². The number of carbonyl (C=O) groups excluding carboxylic acids is 1. The lowest BCUT2D eigenvalue weighted by Crippen LogP contribution is -2.52. The molecule has 0 aliphatic carbocycles. The van der Waals surface area contributed by atoms with Crippen molar-refractivity contribution < 1.29 is 14.6 Å². The van der Waals surface area contributed by atoms with Gasteiger partial charge in [-0.2, -0.15) is 0 Å². The lowest BCUT2D eigenvalue weighted by Gasteiger charge is -2.40. The predicted octanol–water partition coefficient (Wildman–Crippen LogP) is 2.49. The van der Waals surface area contributed by atoms with Crippen molar-refractivity contribution in [1.29, 1.82) is 0 Å². The van der Waals surface area contributed by atoms with E-state index in [0.29, 0.717) is 31.8 Å². The Morgan fingerprint density at radius 1 is 1.39 bits per heavy atom. The van der Waals surface area contributed by atoms with Crippen LogP contribution in [0.3, 0.4) is 0 Å². The Bertz CT molecular complexity index is 478. The Labute approximate surface area is 138 Å². The van der Waals surface area contributed by atoms with Gasteiger partial charge in [0.1, 0.15) is 6.61 Å². The van der Waals surface area contributed by atoms with Crippen molar-refractivity contribution >= 4 is 6.09 Å². The van der Waals surface area contributed by atoms with E-state index in [1.807, 2.05) is 30.3 Å². The molecule has 1 fully saturated rings. The molecule has 1 aromatic rings. The van der Waals surface area contributed by atoms with Gasteiger partial charge in [0.15, 0.2) is 0 Å². The number of ether oxygens (including phenoxy) is 1. The first-order valence-corrected chi connectivity index (χ1v) is 8.44. The van der Waals surface area contributed by atoms with Crippen LogP contribution >= 0.6 is 0 Å². The molecule has 1 aromatic carbocycles. The predicted molar refractivity (Wildman–Crippen MR) is 90.1 cm³/mol. The van der Waals surface area contributed by atoms with Gasteiger partial charge >= 0.3 is 6.09 Å². The summed E-state index contributed by atoms with van der Waals surface area (Å²) in [7, 11) is 0. The standard InChI is InChI=1S/C18H28N2O3/c1-15(2)20(11-12-21)17-9-6-10-19(13-17)18(22)23-14-16-7-4-3-5-8-16/h3-5,7-8,15,17,21H,6,9-14H2,1-2H3/t17-/m0/s1. The quantitative estimate of drug-likeness (QED) is 0.875. The highest BCUT2D eigenvalue weighted by Gasteiger charge is 2.29. The van der Waals surface area contributed by atoms with Gasteiger partial charge in [-0.1, -0.05) is 30.3 Å². The van der Waals surface area contributed by atoms with Crippen molar-refractivity contribution in [3.05, 3.63) is 35.9 Å². The number of amides is 1. The van der Waals surface area contributed by atoms with E-state index in [2.05, 4.69) is 18.7 Å². The average molecular weight is 320 g/mol. The van der Waals surface area contributed by atoms with Crippen LogP contribution in [0.15, 0.2) is 30.3 Å². The number of likely N-dealkylation sites (tertiary alicyclic amines) is 1. The molecule has 0 unspecified atom stereocenters. The fourth-order valence-electron chi connectivity index (χ4n) is 3.18. The minimum absolute atomic E-state index is 0.146. The molecule has 1 aliphatic rings. The number of carbonyl (C=O) groups is 1. The number of hydrogen-bond acceptors (Lipinski definition) is 4. The van der Waals surface area contributed by atoms with Gasteiger partial charge in [-0.25, -0.2) is 4.79 Å². The largest absolute Gasteiger partial charge is 0.445 e. The van der Waals surface area contributed by atoms with Crippen LogP contribution in [0.4, 0.5) is 4.79 Å². The zero-order valence-electron chi connectivity index (χ0n) is 14.1. The number of aliphatic hydroxyl groups is 1. The molecule has 128 valence electrons. The van der Waals surface area contributed by atoms with Gasteiger partial charge in [-0.3, -0.25) is 4.90 Å². The van der Waals surface area contributed by atoms with E-state index in [9.17, 15) is 9.90 Å². The smallest absolute Gasteiger partial charge is 0.410 e. The first kappa shape index (κ1) is 17.8. The van der Waals surface area contributed by atoms with Crippen molar-refractivity contribution in [1.82, 2.24) is 9.80 Å². The number of nitrogens with zero attached hydrogens (tertiary/aromatic N) is 2. The molecule has 1 heterocycles. The Kier molecular flexibility index (Phi) is 6.86. The summed E-state index contributed by atoms with van der Waals surface area (Å²) in [5, 5.41) is 9.25. The van der Waals surface area contributed by atoms with E-state index in [-0.39, 0.29) is 12.7 Å². The topological polar surface area (TPSA) is 53.0 Å². The molecule has 0 radical (unpaired) electrons. The average Bonchev–Trinajstić information content (AvgIpc) is 2.58. The molecule has 1 atom stereocenters. The van der Waals surface area contributed by atoms with Crippen LogP contribution in [0, 0.1) is 0 Å². The minimum atomic E-state index is -0.244. The van der Waals surface area contributed by atoms with E-state index in [1.165, 1.54) is 0 Å².